The van der Waals surface area contributed by atoms with Crippen molar-refractivity contribution < 1.29 is 19.2 Å². The highest BCUT2D eigenvalue weighted by Gasteiger charge is 2.37. The Bertz CT molecular complexity index is 1310. The van der Waals surface area contributed by atoms with Crippen LogP contribution in [0.1, 0.15) is 46.3 Å². The number of hydrogen-bond donors (Lipinski definition) is 1. The fourth-order valence-electron chi connectivity index (χ4n) is 4.31. The molecule has 0 radical (unpaired) electrons. The SMILES string of the molecule is CCOC(=O)c1c(C(c2ccccc2)[S+]([O-])CC)n(C)c2cc(Br)c(O)c(Cn3ccnc3)c12. The van der Waals surface area contributed by atoms with E-state index in [0.717, 1.165) is 11.1 Å². The third-order valence-corrected chi connectivity index (χ3v) is 8.03. The average Bonchev–Trinajstić information content (AvgIpc) is 3.45. The Kier molecular flexibility index (Phi) is 7.35. The second kappa shape index (κ2) is 10.2. The molecular formula is C25H26BrN3O4S. The first kappa shape index (κ1) is 24.4. The number of rotatable bonds is 8. The normalized spacial score (nSPS) is 13.2. The molecule has 2 unspecified atom stereocenters. The lowest BCUT2D eigenvalue weighted by Crippen LogP contribution is -2.22. The number of aromatic nitrogens is 3. The second-order valence-corrected chi connectivity index (χ2v) is 10.5. The Morgan fingerprint density at radius 2 is 2.03 bits per heavy atom. The van der Waals surface area contributed by atoms with Gasteiger partial charge in [0.2, 0.25) is 0 Å². The maximum atomic E-state index is 13.4. The zero-order valence-corrected chi connectivity index (χ0v) is 21.6. The number of imidazole rings is 1. The molecule has 0 saturated carbocycles. The smallest absolute Gasteiger partial charge is 0.340 e. The van der Waals surface area contributed by atoms with Gasteiger partial charge in [0.05, 0.1) is 40.7 Å². The number of esters is 1. The van der Waals surface area contributed by atoms with E-state index in [4.69, 9.17) is 4.74 Å². The molecule has 0 amide bonds. The molecule has 1 N–H and O–H groups in total. The van der Waals surface area contributed by atoms with Gasteiger partial charge in [-0.25, -0.2) is 9.78 Å². The molecule has 0 spiro atoms. The van der Waals surface area contributed by atoms with Crippen molar-refractivity contribution in [3.8, 4) is 5.75 Å². The highest BCUT2D eigenvalue weighted by molar-refractivity contribution is 9.10. The van der Waals surface area contributed by atoms with Crippen molar-refractivity contribution in [1.29, 1.82) is 0 Å². The number of nitrogens with zero attached hydrogens (tertiary/aromatic N) is 3. The van der Waals surface area contributed by atoms with Crippen molar-refractivity contribution in [2.24, 2.45) is 7.05 Å². The van der Waals surface area contributed by atoms with E-state index >= 15 is 0 Å². The minimum absolute atomic E-state index is 0.0387. The van der Waals surface area contributed by atoms with E-state index < -0.39 is 22.4 Å². The van der Waals surface area contributed by atoms with Gasteiger partial charge in [-0.3, -0.25) is 0 Å². The van der Waals surface area contributed by atoms with E-state index in [1.165, 1.54) is 0 Å². The van der Waals surface area contributed by atoms with Crippen molar-refractivity contribution in [2.75, 3.05) is 12.4 Å². The Morgan fingerprint density at radius 1 is 1.29 bits per heavy atom. The van der Waals surface area contributed by atoms with Gasteiger partial charge in [-0.15, -0.1) is 0 Å². The predicted octanol–water partition coefficient (Wildman–Crippen LogP) is 4.93. The molecule has 9 heteroatoms. The summed E-state index contributed by atoms with van der Waals surface area (Å²) in [5, 5.41) is 11.1. The first-order valence-corrected chi connectivity index (χ1v) is 13.1. The van der Waals surface area contributed by atoms with Crippen molar-refractivity contribution in [3.05, 3.63) is 82.0 Å². The number of aryl methyl sites for hydroxylation is 1. The molecule has 0 bridgehead atoms. The molecule has 0 aliphatic carbocycles. The Hall–Kier alpha value is -2.75. The highest BCUT2D eigenvalue weighted by Crippen LogP contribution is 2.44. The number of carbonyl (C=O) groups is 1. The van der Waals surface area contributed by atoms with Gasteiger partial charge in [-0.2, -0.15) is 0 Å². The van der Waals surface area contributed by atoms with Gasteiger partial charge in [-0.05, 0) is 47.0 Å². The maximum absolute atomic E-state index is 13.4. The van der Waals surface area contributed by atoms with E-state index in [1.807, 2.05) is 53.4 Å². The third-order valence-electron chi connectivity index (χ3n) is 5.84. The van der Waals surface area contributed by atoms with Crippen molar-refractivity contribution in [1.82, 2.24) is 14.1 Å². The summed E-state index contributed by atoms with van der Waals surface area (Å²) in [6.45, 7) is 4.11. The van der Waals surface area contributed by atoms with Gasteiger partial charge in [-0.1, -0.05) is 30.3 Å². The average molecular weight is 544 g/mol. The minimum Gasteiger partial charge on any atom is -0.616 e. The summed E-state index contributed by atoms with van der Waals surface area (Å²) < 4.78 is 23.1. The van der Waals surface area contributed by atoms with Gasteiger partial charge < -0.3 is 23.5 Å². The molecule has 7 nitrogen and oxygen atoms in total. The zero-order valence-electron chi connectivity index (χ0n) is 19.2. The van der Waals surface area contributed by atoms with E-state index in [-0.39, 0.29) is 12.4 Å². The van der Waals surface area contributed by atoms with Crippen LogP contribution in [0.3, 0.4) is 0 Å². The number of aromatic hydroxyl groups is 1. The van der Waals surface area contributed by atoms with Crippen molar-refractivity contribution >= 4 is 44.0 Å². The van der Waals surface area contributed by atoms with Crippen LogP contribution in [0.15, 0.2) is 59.6 Å². The van der Waals surface area contributed by atoms with E-state index in [9.17, 15) is 14.5 Å². The maximum Gasteiger partial charge on any atom is 0.340 e. The summed E-state index contributed by atoms with van der Waals surface area (Å²) in [6.07, 6.45) is 5.10. The van der Waals surface area contributed by atoms with E-state index in [2.05, 4.69) is 20.9 Å². The molecule has 0 aliphatic rings. The molecule has 2 aromatic heterocycles. The van der Waals surface area contributed by atoms with Crippen LogP contribution < -0.4 is 0 Å². The summed E-state index contributed by atoms with van der Waals surface area (Å²) in [5.41, 5.74) is 3.06. The van der Waals surface area contributed by atoms with Gasteiger partial charge in [0.1, 0.15) is 11.5 Å². The fraction of sp³-hybridized carbons (Fsp3) is 0.280. The summed E-state index contributed by atoms with van der Waals surface area (Å²) in [6, 6.07) is 11.3. The molecule has 0 fully saturated rings. The monoisotopic (exact) mass is 543 g/mol. The van der Waals surface area contributed by atoms with Crippen molar-refractivity contribution in [3.63, 3.8) is 0 Å². The Labute approximate surface area is 209 Å². The molecule has 4 rings (SSSR count). The molecule has 34 heavy (non-hydrogen) atoms. The standard InChI is InChI=1S/C25H26BrN3O4S/c1-4-33-25(31)21-20-17(14-29-12-11-27-15-29)23(30)18(26)13-19(20)28(3)22(21)24(34(32)5-2)16-9-7-6-8-10-16/h6-13,15,24,30H,4-5,14H2,1-3H3. The summed E-state index contributed by atoms with van der Waals surface area (Å²) in [4.78, 5) is 17.5. The number of hydrogen-bond acceptors (Lipinski definition) is 5. The molecule has 2 heterocycles. The van der Waals surface area contributed by atoms with Crippen LogP contribution in [0.4, 0.5) is 0 Å². The fourth-order valence-corrected chi connectivity index (χ4v) is 6.08. The third kappa shape index (κ3) is 4.35. The molecule has 2 atom stereocenters. The number of carbonyl (C=O) groups excluding carboxylic acids is 1. The lowest BCUT2D eigenvalue weighted by atomic mass is 10.0. The minimum atomic E-state index is -1.30. The molecule has 2 aromatic carbocycles. The van der Waals surface area contributed by atoms with Gasteiger partial charge >= 0.3 is 5.97 Å². The number of ether oxygens (including phenoxy) is 1. The first-order chi connectivity index (χ1) is 16.4. The van der Waals surface area contributed by atoms with Gasteiger partial charge in [0.25, 0.3) is 0 Å². The van der Waals surface area contributed by atoms with E-state index in [1.54, 1.807) is 31.7 Å². The summed E-state index contributed by atoms with van der Waals surface area (Å²) >= 11 is 2.17. The van der Waals surface area contributed by atoms with Crippen LogP contribution in [0.2, 0.25) is 0 Å². The zero-order chi connectivity index (χ0) is 24.4. The van der Waals surface area contributed by atoms with Crippen LogP contribution in [0, 0.1) is 0 Å². The summed E-state index contributed by atoms with van der Waals surface area (Å²) in [7, 11) is 1.85. The van der Waals surface area contributed by atoms with Crippen molar-refractivity contribution in [2.45, 2.75) is 25.6 Å². The van der Waals surface area contributed by atoms with Crippen LogP contribution in [0.25, 0.3) is 10.9 Å². The molecule has 178 valence electrons. The highest BCUT2D eigenvalue weighted by atomic mass is 79.9. The quantitative estimate of drug-likeness (QED) is 0.251. The van der Waals surface area contributed by atoms with Gasteiger partial charge in [0.15, 0.2) is 5.25 Å². The predicted molar refractivity (Wildman–Crippen MR) is 137 cm³/mol. The van der Waals surface area contributed by atoms with Crippen LogP contribution in [-0.2, 0) is 29.5 Å². The van der Waals surface area contributed by atoms with Crippen LogP contribution in [-0.4, -0.2) is 42.1 Å². The molecule has 0 aliphatic heterocycles. The summed E-state index contributed by atoms with van der Waals surface area (Å²) in [5.74, 6) is -0.0530. The van der Waals surface area contributed by atoms with Gasteiger partial charge in [0, 0.05) is 36.0 Å². The van der Waals surface area contributed by atoms with Crippen LogP contribution >= 0.6 is 15.9 Å². The Balaban J connectivity index is 2.10. The number of phenols is 1. The molecule has 4 aromatic rings. The second-order valence-electron chi connectivity index (χ2n) is 7.81. The van der Waals surface area contributed by atoms with E-state index in [0.29, 0.717) is 39.0 Å². The molecular weight excluding hydrogens is 518 g/mol. The van der Waals surface area contributed by atoms with Crippen LogP contribution in [0.5, 0.6) is 5.75 Å². The Morgan fingerprint density at radius 3 is 2.65 bits per heavy atom. The first-order valence-electron chi connectivity index (χ1n) is 11.0. The number of fused-ring (bicyclic) bond motifs is 1. The lowest BCUT2D eigenvalue weighted by Gasteiger charge is -2.23. The number of halogens is 1. The largest absolute Gasteiger partial charge is 0.616 e. The topological polar surface area (TPSA) is 92.3 Å². The number of benzene rings is 2. The lowest BCUT2D eigenvalue weighted by molar-refractivity contribution is 0.0527. The number of phenolic OH excluding ortho intramolecular Hbond substituents is 1. The molecule has 0 saturated heterocycles.